The first-order valence-electron chi connectivity index (χ1n) is 9.26. The van der Waals surface area contributed by atoms with Crippen molar-refractivity contribution in [2.75, 3.05) is 19.7 Å². The summed E-state index contributed by atoms with van der Waals surface area (Å²) in [7, 11) is 0. The fourth-order valence-electron chi connectivity index (χ4n) is 4.87. The Kier molecular flexibility index (Phi) is 5.95. The SMILES string of the molecule is CCOC1CCC([N+]2(C(C)(C)C)CCC(NC(=O)O)CC2)CC1. The zero-order valence-corrected chi connectivity index (χ0v) is 15.3. The van der Waals surface area contributed by atoms with Crippen LogP contribution in [0.3, 0.4) is 0 Å². The highest BCUT2D eigenvalue weighted by molar-refractivity contribution is 5.64. The molecule has 0 radical (unpaired) electrons. The summed E-state index contributed by atoms with van der Waals surface area (Å²) in [4.78, 5) is 10.9. The molecule has 0 aromatic rings. The van der Waals surface area contributed by atoms with Crippen LogP contribution in [0.25, 0.3) is 0 Å². The normalized spacial score (nSPS) is 35.7. The van der Waals surface area contributed by atoms with Gasteiger partial charge in [0.25, 0.3) is 0 Å². The van der Waals surface area contributed by atoms with E-state index in [-0.39, 0.29) is 11.6 Å². The van der Waals surface area contributed by atoms with Crippen LogP contribution in [0.5, 0.6) is 0 Å². The van der Waals surface area contributed by atoms with Gasteiger partial charge in [0.05, 0.1) is 30.8 Å². The van der Waals surface area contributed by atoms with E-state index in [0.29, 0.717) is 12.1 Å². The number of quaternary nitrogens is 1. The quantitative estimate of drug-likeness (QED) is 0.778. The minimum Gasteiger partial charge on any atom is -0.465 e. The Labute approximate surface area is 141 Å². The topological polar surface area (TPSA) is 58.6 Å². The number of likely N-dealkylation sites (tertiary alicyclic amines) is 1. The minimum absolute atomic E-state index is 0.126. The number of carboxylic acid groups (broad SMARTS) is 1. The number of nitrogens with one attached hydrogen (secondary N) is 1. The largest absolute Gasteiger partial charge is 0.465 e. The number of hydrogen-bond acceptors (Lipinski definition) is 2. The first kappa shape index (κ1) is 18.5. The lowest BCUT2D eigenvalue weighted by Gasteiger charge is -2.57. The summed E-state index contributed by atoms with van der Waals surface area (Å²) in [6.45, 7) is 12.1. The monoisotopic (exact) mass is 327 g/mol. The van der Waals surface area contributed by atoms with Gasteiger partial charge in [-0.2, -0.15) is 0 Å². The Balaban J connectivity index is 2.03. The van der Waals surface area contributed by atoms with E-state index in [4.69, 9.17) is 9.84 Å². The van der Waals surface area contributed by atoms with Gasteiger partial charge in [0, 0.05) is 38.3 Å². The molecular formula is C18H35N2O3+. The van der Waals surface area contributed by atoms with Crippen LogP contribution in [0.4, 0.5) is 4.79 Å². The molecule has 5 heteroatoms. The Morgan fingerprint density at radius 2 is 1.70 bits per heavy atom. The summed E-state index contributed by atoms with van der Waals surface area (Å²) in [6.07, 6.45) is 6.28. The van der Waals surface area contributed by atoms with E-state index in [9.17, 15) is 4.79 Å². The molecule has 0 spiro atoms. The van der Waals surface area contributed by atoms with Crippen molar-refractivity contribution in [1.29, 1.82) is 0 Å². The predicted molar refractivity (Wildman–Crippen MR) is 91.6 cm³/mol. The number of ether oxygens (including phenoxy) is 1. The molecule has 1 saturated carbocycles. The van der Waals surface area contributed by atoms with Crippen LogP contribution in [0, 0.1) is 0 Å². The first-order chi connectivity index (χ1) is 10.8. The van der Waals surface area contributed by atoms with E-state index in [2.05, 4.69) is 33.0 Å². The lowest BCUT2D eigenvalue weighted by atomic mass is 9.83. The molecule has 2 rings (SSSR count). The maximum atomic E-state index is 10.9. The molecule has 2 N–H and O–H groups in total. The maximum absolute atomic E-state index is 10.9. The molecule has 0 bridgehead atoms. The summed E-state index contributed by atoms with van der Waals surface area (Å²) < 4.78 is 6.96. The fraction of sp³-hybridized carbons (Fsp3) is 0.944. The van der Waals surface area contributed by atoms with Gasteiger partial charge in [-0.3, -0.25) is 0 Å². The van der Waals surface area contributed by atoms with Crippen LogP contribution in [0.1, 0.15) is 66.2 Å². The van der Waals surface area contributed by atoms with Crippen LogP contribution >= 0.6 is 0 Å². The zero-order chi connectivity index (χ0) is 17.1. The number of hydrogen-bond donors (Lipinski definition) is 2. The van der Waals surface area contributed by atoms with Crippen molar-refractivity contribution in [2.24, 2.45) is 0 Å². The molecule has 1 aliphatic carbocycles. The molecule has 1 aliphatic heterocycles. The predicted octanol–water partition coefficient (Wildman–Crippen LogP) is 3.38. The van der Waals surface area contributed by atoms with Gasteiger partial charge in [0.2, 0.25) is 0 Å². The van der Waals surface area contributed by atoms with Gasteiger partial charge in [0.15, 0.2) is 0 Å². The summed E-state index contributed by atoms with van der Waals surface area (Å²) in [5, 5.41) is 11.6. The highest BCUT2D eigenvalue weighted by Gasteiger charge is 2.49. The molecule has 1 heterocycles. The molecule has 1 amide bonds. The van der Waals surface area contributed by atoms with Gasteiger partial charge in [-0.15, -0.1) is 0 Å². The van der Waals surface area contributed by atoms with E-state index < -0.39 is 6.09 Å². The van der Waals surface area contributed by atoms with Gasteiger partial charge in [-0.1, -0.05) is 0 Å². The molecule has 1 saturated heterocycles. The Morgan fingerprint density at radius 3 is 2.13 bits per heavy atom. The second-order valence-electron chi connectivity index (χ2n) is 8.26. The number of rotatable bonds is 4. The van der Waals surface area contributed by atoms with Gasteiger partial charge in [-0.05, 0) is 40.5 Å². The summed E-state index contributed by atoms with van der Waals surface area (Å²) in [5.41, 5.74) is 0.206. The maximum Gasteiger partial charge on any atom is 0.404 e. The standard InChI is InChI=1S/C18H34N2O3/c1-5-23-16-8-6-15(7-9-16)20(18(2,3)4)12-10-14(11-13-20)19-17(21)22/h14-16,19H,5-13H2,1-4H3/p+1. The van der Waals surface area contributed by atoms with Crippen molar-refractivity contribution in [3.8, 4) is 0 Å². The van der Waals surface area contributed by atoms with E-state index in [1.165, 1.54) is 25.7 Å². The van der Waals surface area contributed by atoms with Crippen molar-refractivity contribution in [3.63, 3.8) is 0 Å². The smallest absolute Gasteiger partial charge is 0.404 e. The lowest BCUT2D eigenvalue weighted by Crippen LogP contribution is -2.70. The minimum atomic E-state index is -0.886. The highest BCUT2D eigenvalue weighted by atomic mass is 16.5. The van der Waals surface area contributed by atoms with Gasteiger partial charge >= 0.3 is 6.09 Å². The Hall–Kier alpha value is -0.810. The van der Waals surface area contributed by atoms with E-state index in [1.54, 1.807) is 0 Å². The molecule has 134 valence electrons. The molecule has 0 aromatic heterocycles. The zero-order valence-electron chi connectivity index (χ0n) is 15.3. The van der Waals surface area contributed by atoms with Crippen LogP contribution < -0.4 is 5.32 Å². The molecule has 0 atom stereocenters. The fourth-order valence-corrected chi connectivity index (χ4v) is 4.87. The molecule has 2 fully saturated rings. The molecule has 23 heavy (non-hydrogen) atoms. The van der Waals surface area contributed by atoms with Crippen molar-refractivity contribution < 1.29 is 19.1 Å². The third-order valence-corrected chi connectivity index (χ3v) is 6.16. The van der Waals surface area contributed by atoms with Crippen LogP contribution in [-0.2, 0) is 4.74 Å². The average Bonchev–Trinajstić information content (AvgIpc) is 2.47. The summed E-state index contributed by atoms with van der Waals surface area (Å²) in [5.74, 6) is 0. The third-order valence-electron chi connectivity index (χ3n) is 6.16. The average molecular weight is 327 g/mol. The molecular weight excluding hydrogens is 292 g/mol. The van der Waals surface area contributed by atoms with Gasteiger partial charge in [-0.25, -0.2) is 4.79 Å². The van der Waals surface area contributed by atoms with Crippen LogP contribution in [0.15, 0.2) is 0 Å². The Bertz CT molecular complexity index is 390. The number of nitrogens with zero attached hydrogens (tertiary/aromatic N) is 1. The van der Waals surface area contributed by atoms with Crippen LogP contribution in [0.2, 0.25) is 0 Å². The Morgan fingerprint density at radius 1 is 1.13 bits per heavy atom. The second kappa shape index (κ2) is 7.39. The van der Waals surface area contributed by atoms with Crippen LogP contribution in [-0.4, -0.2) is 59.1 Å². The third kappa shape index (κ3) is 4.18. The van der Waals surface area contributed by atoms with Crippen molar-refractivity contribution >= 4 is 6.09 Å². The number of piperidine rings is 1. The van der Waals surface area contributed by atoms with Gasteiger partial charge < -0.3 is 19.6 Å². The summed E-state index contributed by atoms with van der Waals surface area (Å²) >= 11 is 0. The van der Waals surface area contributed by atoms with Gasteiger partial charge in [0.1, 0.15) is 0 Å². The highest BCUT2D eigenvalue weighted by Crippen LogP contribution is 2.39. The number of amides is 1. The van der Waals surface area contributed by atoms with Crippen molar-refractivity contribution in [2.45, 2.75) is 89.9 Å². The van der Waals surface area contributed by atoms with Crippen molar-refractivity contribution in [1.82, 2.24) is 5.32 Å². The second-order valence-corrected chi connectivity index (χ2v) is 8.26. The lowest BCUT2D eigenvalue weighted by molar-refractivity contribution is -0.997. The first-order valence-corrected chi connectivity index (χ1v) is 9.26. The molecule has 2 aliphatic rings. The molecule has 0 unspecified atom stereocenters. The van der Waals surface area contributed by atoms with E-state index in [0.717, 1.165) is 37.0 Å². The molecule has 5 nitrogen and oxygen atoms in total. The van der Waals surface area contributed by atoms with E-state index >= 15 is 0 Å². The van der Waals surface area contributed by atoms with Crippen molar-refractivity contribution in [3.05, 3.63) is 0 Å². The molecule has 0 aromatic carbocycles. The van der Waals surface area contributed by atoms with E-state index in [1.807, 2.05) is 0 Å². The number of carbonyl (C=O) groups is 1. The summed E-state index contributed by atoms with van der Waals surface area (Å²) in [6, 6.07) is 0.818.